The predicted octanol–water partition coefficient (Wildman–Crippen LogP) is 3.71. The van der Waals surface area contributed by atoms with Gasteiger partial charge in [-0.05, 0) is 28.1 Å². The highest BCUT2D eigenvalue weighted by atomic mass is 79.9. The minimum absolute atomic E-state index is 0.381. The molecule has 0 aliphatic rings. The zero-order valence-electron chi connectivity index (χ0n) is 9.59. The van der Waals surface area contributed by atoms with Crippen LogP contribution in [0.4, 0.5) is 0 Å². The van der Waals surface area contributed by atoms with Crippen molar-refractivity contribution in [3.05, 3.63) is 46.9 Å². The first-order valence-electron chi connectivity index (χ1n) is 5.18. The van der Waals surface area contributed by atoms with Crippen molar-refractivity contribution in [2.75, 3.05) is 7.11 Å². The van der Waals surface area contributed by atoms with Crippen molar-refractivity contribution in [3.63, 3.8) is 0 Å². The second kappa shape index (κ2) is 5.65. The molecule has 0 saturated carbocycles. The van der Waals surface area contributed by atoms with E-state index in [1.54, 1.807) is 19.2 Å². The number of ether oxygens (including phenoxy) is 1. The van der Waals surface area contributed by atoms with Gasteiger partial charge in [0.1, 0.15) is 5.75 Å². The Morgan fingerprint density at radius 2 is 1.78 bits per heavy atom. The Kier molecular flexibility index (Phi) is 4.16. The summed E-state index contributed by atoms with van der Waals surface area (Å²) in [5.74, 6) is 0.686. The number of hydrogen-bond acceptors (Lipinski definition) is 2. The Labute approximate surface area is 116 Å². The topological polar surface area (TPSA) is 46.5 Å². The van der Waals surface area contributed by atoms with E-state index in [-0.39, 0.29) is 0 Å². The van der Waals surface area contributed by atoms with E-state index in [4.69, 9.17) is 4.74 Å². The average molecular weight is 327 g/mol. The lowest BCUT2D eigenvalue weighted by Gasteiger charge is -2.11. The standard InChI is InChI=1S/C13H11BrO3S/c1-17-11-7-4-6-10(13(11)14)9-5-2-3-8-12(9)18(15)16/h2-8H,1H3,(H,15,16). The first-order valence-corrected chi connectivity index (χ1v) is 7.08. The fraction of sp³-hybridized carbons (Fsp3) is 0.0769. The number of rotatable bonds is 3. The summed E-state index contributed by atoms with van der Waals surface area (Å²) in [6.45, 7) is 0. The van der Waals surface area contributed by atoms with Gasteiger partial charge in [-0.2, -0.15) is 0 Å². The van der Waals surface area contributed by atoms with E-state index in [9.17, 15) is 8.76 Å². The van der Waals surface area contributed by atoms with Gasteiger partial charge in [-0.1, -0.05) is 30.3 Å². The predicted molar refractivity (Wildman–Crippen MR) is 75.2 cm³/mol. The van der Waals surface area contributed by atoms with E-state index in [0.717, 1.165) is 10.0 Å². The lowest BCUT2D eigenvalue weighted by molar-refractivity contribution is 0.412. The quantitative estimate of drug-likeness (QED) is 0.875. The second-order valence-electron chi connectivity index (χ2n) is 3.57. The molecule has 94 valence electrons. The van der Waals surface area contributed by atoms with Crippen molar-refractivity contribution >= 4 is 27.0 Å². The largest absolute Gasteiger partial charge is 0.496 e. The average Bonchev–Trinajstić information content (AvgIpc) is 2.39. The lowest BCUT2D eigenvalue weighted by Crippen LogP contribution is -1.94. The first kappa shape index (κ1) is 13.3. The molecule has 2 aromatic carbocycles. The summed E-state index contributed by atoms with van der Waals surface area (Å²) in [5, 5.41) is 0. The van der Waals surface area contributed by atoms with Crippen molar-refractivity contribution in [1.29, 1.82) is 0 Å². The van der Waals surface area contributed by atoms with Gasteiger partial charge in [0, 0.05) is 11.1 Å². The van der Waals surface area contributed by atoms with Gasteiger partial charge in [-0.25, -0.2) is 4.21 Å². The monoisotopic (exact) mass is 326 g/mol. The number of methoxy groups -OCH3 is 1. The lowest BCUT2D eigenvalue weighted by atomic mass is 10.1. The van der Waals surface area contributed by atoms with Crippen LogP contribution in [-0.4, -0.2) is 15.9 Å². The Hall–Kier alpha value is -1.17. The van der Waals surface area contributed by atoms with Gasteiger partial charge in [0.25, 0.3) is 0 Å². The Morgan fingerprint density at radius 1 is 1.11 bits per heavy atom. The van der Waals surface area contributed by atoms with Crippen LogP contribution in [0.2, 0.25) is 0 Å². The summed E-state index contributed by atoms with van der Waals surface area (Å²) in [6.07, 6.45) is 0. The zero-order chi connectivity index (χ0) is 13.1. The smallest absolute Gasteiger partial charge is 0.187 e. The molecular weight excluding hydrogens is 316 g/mol. The van der Waals surface area contributed by atoms with Crippen LogP contribution < -0.4 is 4.74 Å². The van der Waals surface area contributed by atoms with Gasteiger partial charge < -0.3 is 9.29 Å². The molecule has 5 heteroatoms. The molecule has 0 heterocycles. The van der Waals surface area contributed by atoms with Gasteiger partial charge in [0.2, 0.25) is 0 Å². The van der Waals surface area contributed by atoms with Crippen molar-refractivity contribution in [2.24, 2.45) is 0 Å². The SMILES string of the molecule is COc1cccc(-c2ccccc2S(=O)O)c1Br. The fourth-order valence-electron chi connectivity index (χ4n) is 1.72. The van der Waals surface area contributed by atoms with Crippen molar-refractivity contribution < 1.29 is 13.5 Å². The fourth-order valence-corrected chi connectivity index (χ4v) is 2.92. The molecule has 1 unspecified atom stereocenters. The molecule has 0 radical (unpaired) electrons. The van der Waals surface area contributed by atoms with E-state index < -0.39 is 11.1 Å². The molecule has 1 atom stereocenters. The second-order valence-corrected chi connectivity index (χ2v) is 5.30. The van der Waals surface area contributed by atoms with Crippen LogP contribution in [0, 0.1) is 0 Å². The summed E-state index contributed by atoms with van der Waals surface area (Å²) in [7, 11) is 1.58. The highest BCUT2D eigenvalue weighted by Crippen LogP contribution is 2.37. The highest BCUT2D eigenvalue weighted by molar-refractivity contribution is 9.10. The Bertz CT molecular complexity index is 599. The summed E-state index contributed by atoms with van der Waals surface area (Å²) in [6, 6.07) is 12.6. The molecular formula is C13H11BrO3S. The summed E-state index contributed by atoms with van der Waals surface area (Å²) < 4.78 is 26.6. The molecule has 0 aliphatic carbocycles. The number of benzene rings is 2. The zero-order valence-corrected chi connectivity index (χ0v) is 12.0. The van der Waals surface area contributed by atoms with Crippen molar-refractivity contribution in [1.82, 2.24) is 0 Å². The molecule has 0 aromatic heterocycles. The third-order valence-electron chi connectivity index (χ3n) is 2.55. The molecule has 2 aromatic rings. The van der Waals surface area contributed by atoms with Crippen LogP contribution in [0.25, 0.3) is 11.1 Å². The van der Waals surface area contributed by atoms with Gasteiger partial charge in [0.15, 0.2) is 11.1 Å². The maximum absolute atomic E-state index is 11.3. The molecule has 0 fully saturated rings. The van der Waals surface area contributed by atoms with Crippen molar-refractivity contribution in [2.45, 2.75) is 4.90 Å². The van der Waals surface area contributed by atoms with Crippen LogP contribution in [-0.2, 0) is 11.1 Å². The maximum atomic E-state index is 11.3. The highest BCUT2D eigenvalue weighted by Gasteiger charge is 2.13. The van der Waals surface area contributed by atoms with Crippen LogP contribution in [0.3, 0.4) is 0 Å². The van der Waals surface area contributed by atoms with Crippen LogP contribution in [0.15, 0.2) is 51.8 Å². The Balaban J connectivity index is 2.66. The maximum Gasteiger partial charge on any atom is 0.187 e. The van der Waals surface area contributed by atoms with Gasteiger partial charge in [0.05, 0.1) is 16.5 Å². The van der Waals surface area contributed by atoms with E-state index in [1.165, 1.54) is 0 Å². The molecule has 0 aliphatic heterocycles. The molecule has 0 amide bonds. The summed E-state index contributed by atoms with van der Waals surface area (Å²) in [5.41, 5.74) is 1.54. The van der Waals surface area contributed by atoms with Gasteiger partial charge >= 0.3 is 0 Å². The van der Waals surface area contributed by atoms with Gasteiger partial charge in [-0.3, -0.25) is 0 Å². The molecule has 1 N–H and O–H groups in total. The first-order chi connectivity index (χ1) is 8.65. The number of halogens is 1. The molecule has 18 heavy (non-hydrogen) atoms. The van der Waals surface area contributed by atoms with Crippen molar-refractivity contribution in [3.8, 4) is 16.9 Å². The van der Waals surface area contributed by atoms with Gasteiger partial charge in [-0.15, -0.1) is 0 Å². The van der Waals surface area contributed by atoms with E-state index in [1.807, 2.05) is 30.3 Å². The van der Waals surface area contributed by atoms with E-state index in [2.05, 4.69) is 15.9 Å². The summed E-state index contributed by atoms with van der Waals surface area (Å²) in [4.78, 5) is 0.381. The van der Waals surface area contributed by atoms with E-state index in [0.29, 0.717) is 16.2 Å². The minimum Gasteiger partial charge on any atom is -0.496 e. The third kappa shape index (κ3) is 2.48. The number of hydrogen-bond donors (Lipinski definition) is 1. The molecule has 0 saturated heterocycles. The summed E-state index contributed by atoms with van der Waals surface area (Å²) >= 11 is 1.44. The Morgan fingerprint density at radius 3 is 2.44 bits per heavy atom. The van der Waals surface area contributed by atoms with E-state index >= 15 is 0 Å². The van der Waals surface area contributed by atoms with Crippen LogP contribution >= 0.6 is 15.9 Å². The molecule has 0 bridgehead atoms. The molecule has 2 rings (SSSR count). The minimum atomic E-state index is -2.02. The third-order valence-corrected chi connectivity index (χ3v) is 4.10. The van der Waals surface area contributed by atoms with Crippen LogP contribution in [0.1, 0.15) is 0 Å². The normalized spacial score (nSPS) is 12.2. The van der Waals surface area contributed by atoms with Crippen LogP contribution in [0.5, 0.6) is 5.75 Å². The molecule has 0 spiro atoms. The molecule has 3 nitrogen and oxygen atoms in total.